The lowest BCUT2D eigenvalue weighted by Gasteiger charge is -2.16. The molecule has 3 aromatic heterocycles. The van der Waals surface area contributed by atoms with Gasteiger partial charge in [-0.05, 0) is 38.7 Å². The van der Waals surface area contributed by atoms with Crippen molar-refractivity contribution in [1.29, 1.82) is 0 Å². The first-order valence-electron chi connectivity index (χ1n) is 8.92. The van der Waals surface area contributed by atoms with E-state index in [1.165, 1.54) is 12.4 Å². The molecule has 138 valence electrons. The van der Waals surface area contributed by atoms with Gasteiger partial charge in [-0.15, -0.1) is 0 Å². The summed E-state index contributed by atoms with van der Waals surface area (Å²) in [6.45, 7) is 5.22. The van der Waals surface area contributed by atoms with Crippen LogP contribution in [0.15, 0.2) is 35.4 Å². The minimum absolute atomic E-state index is 0.00670. The van der Waals surface area contributed by atoms with Gasteiger partial charge in [-0.2, -0.15) is 10.2 Å². The molecular formula is C19H20N6O2. The van der Waals surface area contributed by atoms with Gasteiger partial charge < -0.3 is 9.42 Å². The van der Waals surface area contributed by atoms with Crippen LogP contribution >= 0.6 is 0 Å². The highest BCUT2D eigenvalue weighted by Gasteiger charge is 2.27. The number of aryl methyl sites for hydroxylation is 2. The Labute approximate surface area is 156 Å². The summed E-state index contributed by atoms with van der Waals surface area (Å²) in [4.78, 5) is 23.5. The van der Waals surface area contributed by atoms with Gasteiger partial charge in [-0.3, -0.25) is 14.8 Å². The first kappa shape index (κ1) is 17.3. The predicted molar refractivity (Wildman–Crippen MR) is 96.7 cm³/mol. The number of aromatic nitrogens is 5. The second kappa shape index (κ2) is 7.22. The highest BCUT2D eigenvalue weighted by molar-refractivity contribution is 5.93. The summed E-state index contributed by atoms with van der Waals surface area (Å²) < 4.78 is 5.19. The highest BCUT2D eigenvalue weighted by Crippen LogP contribution is 2.25. The molecule has 0 saturated carbocycles. The molecule has 1 amide bonds. The standard InChI is InChI=1S/C19H20N6O2/c1-12-18(13(2)27-24-12)17-10-20-16(9-21-17)7-14-4-6-25(11-14)19(26)15-3-5-22-23-8-15/h3,5,8-10,14H,4,6-7,11H2,1-2H3/t14-/m1/s1. The highest BCUT2D eigenvalue weighted by atomic mass is 16.5. The molecule has 0 unspecified atom stereocenters. The van der Waals surface area contributed by atoms with Crippen molar-refractivity contribution in [3.8, 4) is 11.3 Å². The zero-order valence-corrected chi connectivity index (χ0v) is 15.3. The number of rotatable bonds is 4. The fourth-order valence-corrected chi connectivity index (χ4v) is 3.52. The molecule has 0 aromatic carbocycles. The molecule has 0 radical (unpaired) electrons. The van der Waals surface area contributed by atoms with E-state index in [-0.39, 0.29) is 5.91 Å². The Balaban J connectivity index is 1.40. The van der Waals surface area contributed by atoms with Gasteiger partial charge in [0.05, 0.1) is 46.8 Å². The minimum Gasteiger partial charge on any atom is -0.361 e. The van der Waals surface area contributed by atoms with E-state index in [1.807, 2.05) is 18.7 Å². The molecule has 0 aliphatic carbocycles. The van der Waals surface area contributed by atoms with Crippen molar-refractivity contribution in [2.24, 2.45) is 5.92 Å². The SMILES string of the molecule is Cc1noc(C)c1-c1cnc(C[C@H]2CCN(C(=O)c3ccnnc3)C2)cn1. The third-order valence-corrected chi connectivity index (χ3v) is 4.90. The molecule has 0 spiro atoms. The number of carbonyl (C=O) groups is 1. The van der Waals surface area contributed by atoms with Gasteiger partial charge in [0.1, 0.15) is 5.76 Å². The van der Waals surface area contributed by atoms with Crippen LogP contribution in [0.25, 0.3) is 11.3 Å². The number of likely N-dealkylation sites (tertiary alicyclic amines) is 1. The average Bonchev–Trinajstić information content (AvgIpc) is 3.29. The molecule has 1 aliphatic heterocycles. The fraction of sp³-hybridized carbons (Fsp3) is 0.368. The maximum Gasteiger partial charge on any atom is 0.255 e. The Hall–Kier alpha value is -3.16. The van der Waals surface area contributed by atoms with Gasteiger partial charge in [0.25, 0.3) is 5.91 Å². The van der Waals surface area contributed by atoms with Crippen molar-refractivity contribution in [2.45, 2.75) is 26.7 Å². The van der Waals surface area contributed by atoms with Crippen LogP contribution in [0.3, 0.4) is 0 Å². The maximum atomic E-state index is 12.5. The molecule has 8 nitrogen and oxygen atoms in total. The first-order valence-corrected chi connectivity index (χ1v) is 8.92. The first-order chi connectivity index (χ1) is 13.1. The summed E-state index contributed by atoms with van der Waals surface area (Å²) in [5, 5.41) is 11.5. The lowest BCUT2D eigenvalue weighted by atomic mass is 10.0. The van der Waals surface area contributed by atoms with Crippen molar-refractivity contribution in [3.63, 3.8) is 0 Å². The normalized spacial score (nSPS) is 16.7. The summed E-state index contributed by atoms with van der Waals surface area (Å²) in [5.74, 6) is 1.13. The third-order valence-electron chi connectivity index (χ3n) is 4.90. The second-order valence-corrected chi connectivity index (χ2v) is 6.83. The van der Waals surface area contributed by atoms with Gasteiger partial charge in [-0.25, -0.2) is 0 Å². The van der Waals surface area contributed by atoms with E-state index < -0.39 is 0 Å². The zero-order valence-electron chi connectivity index (χ0n) is 15.3. The van der Waals surface area contributed by atoms with Crippen molar-refractivity contribution in [2.75, 3.05) is 13.1 Å². The van der Waals surface area contributed by atoms with Gasteiger partial charge >= 0.3 is 0 Å². The Morgan fingerprint density at radius 2 is 2.11 bits per heavy atom. The topological polar surface area (TPSA) is 97.9 Å². The van der Waals surface area contributed by atoms with Crippen molar-refractivity contribution >= 4 is 5.91 Å². The molecular weight excluding hydrogens is 344 g/mol. The number of hydrogen-bond acceptors (Lipinski definition) is 7. The van der Waals surface area contributed by atoms with Crippen molar-refractivity contribution in [1.82, 2.24) is 30.2 Å². The molecule has 4 rings (SSSR count). The van der Waals surface area contributed by atoms with Crippen LogP contribution in [0, 0.1) is 19.8 Å². The van der Waals surface area contributed by atoms with Crippen LogP contribution in [-0.4, -0.2) is 49.2 Å². The molecule has 1 aliphatic rings. The molecule has 3 aromatic rings. The number of nitrogens with zero attached hydrogens (tertiary/aromatic N) is 6. The van der Waals surface area contributed by atoms with E-state index in [0.717, 1.165) is 47.8 Å². The maximum absolute atomic E-state index is 12.5. The van der Waals surface area contributed by atoms with Crippen LogP contribution in [-0.2, 0) is 6.42 Å². The minimum atomic E-state index is 0.00670. The van der Waals surface area contributed by atoms with Gasteiger partial charge in [0, 0.05) is 19.3 Å². The Bertz CT molecular complexity index is 919. The molecule has 0 N–H and O–H groups in total. The van der Waals surface area contributed by atoms with E-state index in [4.69, 9.17) is 4.52 Å². The average molecular weight is 364 g/mol. The molecule has 4 heterocycles. The van der Waals surface area contributed by atoms with Gasteiger partial charge in [0.15, 0.2) is 0 Å². The summed E-state index contributed by atoms with van der Waals surface area (Å²) in [6.07, 6.45) is 8.37. The monoisotopic (exact) mass is 364 g/mol. The quantitative estimate of drug-likeness (QED) is 0.700. The number of amides is 1. The molecule has 1 atom stereocenters. The zero-order chi connectivity index (χ0) is 18.8. The summed E-state index contributed by atoms with van der Waals surface area (Å²) in [5.41, 5.74) is 3.98. The summed E-state index contributed by atoms with van der Waals surface area (Å²) in [6, 6.07) is 1.70. The smallest absolute Gasteiger partial charge is 0.255 e. The van der Waals surface area contributed by atoms with Crippen molar-refractivity contribution in [3.05, 3.63) is 53.6 Å². The molecule has 1 fully saturated rings. The molecule has 0 bridgehead atoms. The van der Waals surface area contributed by atoms with E-state index in [2.05, 4.69) is 25.3 Å². The van der Waals surface area contributed by atoms with Crippen LogP contribution < -0.4 is 0 Å². The Kier molecular flexibility index (Phi) is 4.62. The Morgan fingerprint density at radius 3 is 2.78 bits per heavy atom. The van der Waals surface area contributed by atoms with E-state index in [0.29, 0.717) is 18.0 Å². The van der Waals surface area contributed by atoms with Gasteiger partial charge in [-0.1, -0.05) is 5.16 Å². The predicted octanol–water partition coefficient (Wildman–Crippen LogP) is 2.24. The van der Waals surface area contributed by atoms with Crippen LogP contribution in [0.1, 0.15) is 33.9 Å². The lowest BCUT2D eigenvalue weighted by Crippen LogP contribution is -2.29. The third kappa shape index (κ3) is 3.55. The van der Waals surface area contributed by atoms with Crippen LogP contribution in [0.2, 0.25) is 0 Å². The van der Waals surface area contributed by atoms with Crippen molar-refractivity contribution < 1.29 is 9.32 Å². The van der Waals surface area contributed by atoms with Crippen LogP contribution in [0.4, 0.5) is 0 Å². The van der Waals surface area contributed by atoms with Crippen LogP contribution in [0.5, 0.6) is 0 Å². The fourth-order valence-electron chi connectivity index (χ4n) is 3.52. The molecule has 8 heteroatoms. The summed E-state index contributed by atoms with van der Waals surface area (Å²) in [7, 11) is 0. The Morgan fingerprint density at radius 1 is 1.22 bits per heavy atom. The molecule has 1 saturated heterocycles. The number of hydrogen-bond donors (Lipinski definition) is 0. The van der Waals surface area contributed by atoms with Gasteiger partial charge in [0.2, 0.25) is 0 Å². The number of carbonyl (C=O) groups excluding carboxylic acids is 1. The van der Waals surface area contributed by atoms with E-state index in [1.54, 1.807) is 18.5 Å². The molecule has 27 heavy (non-hydrogen) atoms. The second-order valence-electron chi connectivity index (χ2n) is 6.83. The van der Waals surface area contributed by atoms with E-state index in [9.17, 15) is 4.79 Å². The largest absolute Gasteiger partial charge is 0.361 e. The summed E-state index contributed by atoms with van der Waals surface area (Å²) >= 11 is 0. The van der Waals surface area contributed by atoms with E-state index >= 15 is 0 Å². The lowest BCUT2D eigenvalue weighted by molar-refractivity contribution is 0.0786.